The Labute approximate surface area is 155 Å². The van der Waals surface area contributed by atoms with Gasteiger partial charge in [0.05, 0.1) is 24.8 Å². The lowest BCUT2D eigenvalue weighted by atomic mass is 10.3. The molecule has 0 spiro atoms. The molecule has 1 amide bonds. The van der Waals surface area contributed by atoms with Crippen LogP contribution in [0.25, 0.3) is 0 Å². The quantitative estimate of drug-likeness (QED) is 0.722. The number of alkyl halides is 3. The molecule has 0 radical (unpaired) electrons. The van der Waals surface area contributed by atoms with Crippen molar-refractivity contribution >= 4 is 31.9 Å². The number of carbonyl (C=O) groups is 1. The molecule has 0 aliphatic heterocycles. The van der Waals surface area contributed by atoms with E-state index < -0.39 is 35.1 Å². The Balaban J connectivity index is 2.15. The number of nitrogens with one attached hydrogen (secondary N) is 1. The first-order chi connectivity index (χ1) is 12.0. The number of hydrogen-bond acceptors (Lipinski definition) is 5. The summed E-state index contributed by atoms with van der Waals surface area (Å²) in [5.74, 6) is -0.639. The largest absolute Gasteiger partial charge is 0.497 e. The molecule has 0 aliphatic carbocycles. The average Bonchev–Trinajstić information content (AvgIpc) is 2.93. The highest BCUT2D eigenvalue weighted by Crippen LogP contribution is 2.23. The second kappa shape index (κ2) is 7.66. The predicted octanol–water partition coefficient (Wildman–Crippen LogP) is 2.73. The van der Waals surface area contributed by atoms with Crippen molar-refractivity contribution in [3.63, 3.8) is 0 Å². The van der Waals surface area contributed by atoms with Crippen molar-refractivity contribution < 1.29 is 31.1 Å². The highest BCUT2D eigenvalue weighted by Gasteiger charge is 2.28. The molecule has 0 saturated carbocycles. The third kappa shape index (κ3) is 4.97. The van der Waals surface area contributed by atoms with Crippen LogP contribution < -0.4 is 9.46 Å². The lowest BCUT2D eigenvalue weighted by Gasteiger charge is -2.08. The molecule has 12 heteroatoms. The van der Waals surface area contributed by atoms with Crippen LogP contribution in [0.1, 0.15) is 16.9 Å². The Morgan fingerprint density at radius 1 is 1.31 bits per heavy atom. The lowest BCUT2D eigenvalue weighted by Crippen LogP contribution is -2.31. The highest BCUT2D eigenvalue weighted by atomic mass is 79.9. The summed E-state index contributed by atoms with van der Waals surface area (Å²) in [5, 5.41) is 0. The maximum absolute atomic E-state index is 12.3. The van der Waals surface area contributed by atoms with Gasteiger partial charge in [0.1, 0.15) is 10.4 Å². The van der Waals surface area contributed by atoms with Gasteiger partial charge in [0.15, 0.2) is 5.69 Å². The Morgan fingerprint density at radius 2 is 1.92 bits per heavy atom. The van der Waals surface area contributed by atoms with Gasteiger partial charge in [0, 0.05) is 6.54 Å². The van der Waals surface area contributed by atoms with Crippen LogP contribution in [0.2, 0.25) is 0 Å². The van der Waals surface area contributed by atoms with Gasteiger partial charge >= 0.3 is 6.18 Å². The summed E-state index contributed by atoms with van der Waals surface area (Å²) in [6.45, 7) is -0.463. The number of rotatable bonds is 6. The van der Waals surface area contributed by atoms with Crippen LogP contribution in [0, 0.1) is 0 Å². The first-order valence-corrected chi connectivity index (χ1v) is 9.29. The van der Waals surface area contributed by atoms with E-state index in [2.05, 4.69) is 20.9 Å². The van der Waals surface area contributed by atoms with Gasteiger partial charge in [-0.3, -0.25) is 4.79 Å². The van der Waals surface area contributed by atoms with E-state index in [1.54, 1.807) is 0 Å². The fourth-order valence-electron chi connectivity index (χ4n) is 1.91. The number of aromatic nitrogens is 2. The van der Waals surface area contributed by atoms with Crippen molar-refractivity contribution in [3.8, 4) is 5.75 Å². The molecule has 1 N–H and O–H groups in total. The molecular weight excluding hydrogens is 443 g/mol. The van der Waals surface area contributed by atoms with E-state index in [0.29, 0.717) is 5.75 Å². The van der Waals surface area contributed by atoms with Crippen LogP contribution in [-0.4, -0.2) is 37.2 Å². The molecular formula is C14H13BrF3N3O4S. The molecule has 26 heavy (non-hydrogen) atoms. The number of carbonyl (C=O) groups excluding carboxylic acids is 1. The number of hydrogen-bond donors (Lipinski definition) is 1. The Bertz CT molecular complexity index is 895. The summed E-state index contributed by atoms with van der Waals surface area (Å²) < 4.78 is 69.0. The first-order valence-electron chi connectivity index (χ1n) is 7.02. The Kier molecular flexibility index (Phi) is 5.96. The number of halogens is 4. The Hall–Kier alpha value is -2.08. The van der Waals surface area contributed by atoms with Crippen molar-refractivity contribution in [2.45, 2.75) is 24.0 Å². The van der Waals surface area contributed by atoms with Crippen LogP contribution in [0.4, 0.5) is 13.2 Å². The summed E-state index contributed by atoms with van der Waals surface area (Å²) in [4.78, 5) is 15.6. The molecule has 0 saturated heterocycles. The molecule has 2 aromatic rings. The van der Waals surface area contributed by atoms with E-state index in [9.17, 15) is 26.4 Å². The zero-order valence-electron chi connectivity index (χ0n) is 13.2. The van der Waals surface area contributed by atoms with Gasteiger partial charge in [-0.15, -0.1) is 0 Å². The molecule has 0 atom stereocenters. The van der Waals surface area contributed by atoms with Crippen molar-refractivity contribution in [3.05, 3.63) is 40.9 Å². The van der Waals surface area contributed by atoms with E-state index in [1.807, 2.05) is 4.72 Å². The smallest absolute Gasteiger partial charge is 0.390 e. The molecule has 1 aromatic carbocycles. The van der Waals surface area contributed by atoms with Crippen molar-refractivity contribution in [1.82, 2.24) is 14.3 Å². The van der Waals surface area contributed by atoms with E-state index in [-0.39, 0.29) is 15.2 Å². The minimum absolute atomic E-state index is 0.0517. The third-order valence-electron chi connectivity index (χ3n) is 3.22. The SMILES string of the molecule is COc1ccc(S(=O)(=O)NC(=O)c2ncn(CCC(F)(F)F)c2Br)cc1. The van der Waals surface area contributed by atoms with E-state index in [4.69, 9.17) is 4.74 Å². The topological polar surface area (TPSA) is 90.3 Å². The zero-order chi connectivity index (χ0) is 19.5. The zero-order valence-corrected chi connectivity index (χ0v) is 15.7. The number of benzene rings is 1. The Morgan fingerprint density at radius 3 is 2.46 bits per heavy atom. The van der Waals surface area contributed by atoms with Crippen LogP contribution in [-0.2, 0) is 16.6 Å². The summed E-state index contributed by atoms with van der Waals surface area (Å²) in [6.07, 6.45) is -4.47. The number of aryl methyl sites for hydroxylation is 1. The average molecular weight is 456 g/mol. The van der Waals surface area contributed by atoms with Crippen molar-refractivity contribution in [2.24, 2.45) is 0 Å². The number of amides is 1. The molecule has 1 aromatic heterocycles. The summed E-state index contributed by atoms with van der Waals surface area (Å²) >= 11 is 2.96. The maximum Gasteiger partial charge on any atom is 0.390 e. The minimum Gasteiger partial charge on any atom is -0.497 e. The normalized spacial score (nSPS) is 12.0. The maximum atomic E-state index is 12.3. The fourth-order valence-corrected chi connectivity index (χ4v) is 3.41. The second-order valence-electron chi connectivity index (χ2n) is 5.05. The second-order valence-corrected chi connectivity index (χ2v) is 7.49. The summed E-state index contributed by atoms with van der Waals surface area (Å²) in [6, 6.07) is 5.29. The van der Waals surface area contributed by atoms with Crippen molar-refractivity contribution in [2.75, 3.05) is 7.11 Å². The molecule has 1 heterocycles. The molecule has 0 bridgehead atoms. The van der Waals surface area contributed by atoms with Crippen molar-refractivity contribution in [1.29, 1.82) is 0 Å². The molecule has 2 rings (SSSR count). The molecule has 142 valence electrons. The molecule has 0 aliphatic rings. The highest BCUT2D eigenvalue weighted by molar-refractivity contribution is 9.10. The summed E-state index contributed by atoms with van der Waals surface area (Å²) in [7, 11) is -2.77. The van der Waals surface area contributed by atoms with Crippen LogP contribution >= 0.6 is 15.9 Å². The first kappa shape index (κ1) is 20.2. The van der Waals surface area contributed by atoms with Crippen LogP contribution in [0.3, 0.4) is 0 Å². The number of methoxy groups -OCH3 is 1. The van der Waals surface area contributed by atoms with Gasteiger partial charge in [0.2, 0.25) is 0 Å². The standard InChI is InChI=1S/C14H13BrF3N3O4S/c1-25-9-2-4-10(5-3-9)26(23,24)20-13(22)11-12(15)21(8-19-11)7-6-14(16,17)18/h2-5,8H,6-7H2,1H3,(H,20,22). The minimum atomic E-state index is -4.37. The van der Waals surface area contributed by atoms with Gasteiger partial charge in [-0.1, -0.05) is 0 Å². The van der Waals surface area contributed by atoms with E-state index in [0.717, 1.165) is 10.9 Å². The van der Waals surface area contributed by atoms with E-state index >= 15 is 0 Å². The van der Waals surface area contributed by atoms with Gasteiger partial charge in [-0.05, 0) is 40.2 Å². The number of ether oxygens (including phenoxy) is 1. The van der Waals surface area contributed by atoms with Gasteiger partial charge in [-0.25, -0.2) is 18.1 Å². The van der Waals surface area contributed by atoms with E-state index in [1.165, 1.54) is 31.4 Å². The molecule has 0 unspecified atom stereocenters. The number of sulfonamides is 1. The monoisotopic (exact) mass is 455 g/mol. The van der Waals surface area contributed by atoms with Gasteiger partial charge in [0.25, 0.3) is 15.9 Å². The lowest BCUT2D eigenvalue weighted by molar-refractivity contribution is -0.136. The predicted molar refractivity (Wildman–Crippen MR) is 88.2 cm³/mol. The van der Waals surface area contributed by atoms with Gasteiger partial charge < -0.3 is 9.30 Å². The van der Waals surface area contributed by atoms with Crippen LogP contribution in [0.5, 0.6) is 5.75 Å². The molecule has 0 fully saturated rings. The van der Waals surface area contributed by atoms with Crippen LogP contribution in [0.15, 0.2) is 40.1 Å². The van der Waals surface area contributed by atoms with Gasteiger partial charge in [-0.2, -0.15) is 13.2 Å². The fraction of sp³-hybridized carbons (Fsp3) is 0.286. The molecule has 7 nitrogen and oxygen atoms in total. The third-order valence-corrected chi connectivity index (χ3v) is 5.40. The number of imidazole rings is 1. The summed E-state index contributed by atoms with van der Waals surface area (Å²) in [5.41, 5.74) is -0.343. The number of nitrogens with zero attached hydrogens (tertiary/aromatic N) is 2.